The Hall–Kier alpha value is -3.33. The highest BCUT2D eigenvalue weighted by atomic mass is 32.1. The van der Waals surface area contributed by atoms with Crippen LogP contribution in [-0.4, -0.2) is 33.6 Å². The number of pyridine rings is 1. The van der Waals surface area contributed by atoms with E-state index >= 15 is 0 Å². The number of benzene rings is 1. The van der Waals surface area contributed by atoms with Crippen molar-refractivity contribution in [1.29, 1.82) is 0 Å². The Morgan fingerprint density at radius 1 is 1.15 bits per heavy atom. The van der Waals surface area contributed by atoms with Crippen molar-refractivity contribution in [1.82, 2.24) is 15.3 Å². The number of nitrogens with one attached hydrogen (secondary N) is 2. The van der Waals surface area contributed by atoms with E-state index in [0.717, 1.165) is 16.3 Å². The van der Waals surface area contributed by atoms with E-state index in [4.69, 9.17) is 4.74 Å². The van der Waals surface area contributed by atoms with E-state index in [1.165, 1.54) is 23.5 Å². The van der Waals surface area contributed by atoms with Gasteiger partial charge in [0.1, 0.15) is 27.5 Å². The number of hydrogen-bond donors (Lipinski definition) is 2. The molecule has 9 heteroatoms. The molecule has 3 rings (SSSR count). The summed E-state index contributed by atoms with van der Waals surface area (Å²) in [7, 11) is 0. The van der Waals surface area contributed by atoms with Crippen molar-refractivity contribution in [3.05, 3.63) is 65.4 Å². The van der Waals surface area contributed by atoms with Crippen molar-refractivity contribution in [2.75, 3.05) is 5.32 Å². The van der Waals surface area contributed by atoms with Crippen LogP contribution >= 0.6 is 11.3 Å². The van der Waals surface area contributed by atoms with Gasteiger partial charge in [-0.15, -0.1) is 0 Å². The number of thiazole rings is 1. The third-order valence-corrected chi connectivity index (χ3v) is 5.66. The minimum Gasteiger partial charge on any atom is -0.444 e. The molecule has 0 saturated carbocycles. The smallest absolute Gasteiger partial charge is 0.408 e. The fourth-order valence-corrected chi connectivity index (χ4v) is 3.99. The second-order valence-corrected chi connectivity index (χ2v) is 9.64. The first-order valence-electron chi connectivity index (χ1n) is 10.5. The Morgan fingerprint density at radius 2 is 1.85 bits per heavy atom. The van der Waals surface area contributed by atoms with Gasteiger partial charge in [-0.25, -0.2) is 14.2 Å². The van der Waals surface area contributed by atoms with Gasteiger partial charge in [0, 0.05) is 23.9 Å². The first kappa shape index (κ1) is 24.3. The van der Waals surface area contributed by atoms with Crippen LogP contribution < -0.4 is 10.6 Å². The molecule has 1 unspecified atom stereocenters. The summed E-state index contributed by atoms with van der Waals surface area (Å²) in [5, 5.41) is 6.84. The number of hydrogen-bond acceptors (Lipinski definition) is 6. The summed E-state index contributed by atoms with van der Waals surface area (Å²) >= 11 is 1.34. The zero-order valence-corrected chi connectivity index (χ0v) is 20.0. The maximum atomic E-state index is 13.3. The molecule has 0 radical (unpaired) electrons. The standard InChI is InChI=1S/C24H27FN4O3S/c1-14-12-17(10-11-26-14)22-27-15(2)21(33-22)29-20(30)19(28-23(31)32-24(3,4)5)13-16-6-8-18(25)9-7-16/h6-12,19H,13H2,1-5H3,(H,28,31)(H,29,30). The van der Waals surface area contributed by atoms with Crippen LogP contribution in [0.15, 0.2) is 42.6 Å². The van der Waals surface area contributed by atoms with Gasteiger partial charge in [0.15, 0.2) is 0 Å². The highest BCUT2D eigenvalue weighted by Crippen LogP contribution is 2.32. The fourth-order valence-electron chi connectivity index (χ4n) is 3.03. The number of halogens is 1. The highest BCUT2D eigenvalue weighted by Gasteiger charge is 2.26. The van der Waals surface area contributed by atoms with Crippen molar-refractivity contribution in [3.8, 4) is 10.6 Å². The molecule has 0 aliphatic heterocycles. The molecule has 1 atom stereocenters. The van der Waals surface area contributed by atoms with E-state index in [1.807, 2.05) is 19.1 Å². The Balaban J connectivity index is 1.80. The van der Waals surface area contributed by atoms with Crippen molar-refractivity contribution >= 4 is 28.3 Å². The van der Waals surface area contributed by atoms with Gasteiger partial charge in [-0.2, -0.15) is 0 Å². The van der Waals surface area contributed by atoms with Crippen molar-refractivity contribution in [3.63, 3.8) is 0 Å². The number of carbonyl (C=O) groups excluding carboxylic acids is 2. The van der Waals surface area contributed by atoms with E-state index in [9.17, 15) is 14.0 Å². The Bertz CT molecular complexity index is 1140. The number of anilines is 1. The molecule has 3 aromatic rings. The molecule has 7 nitrogen and oxygen atoms in total. The minimum atomic E-state index is -0.932. The predicted octanol–water partition coefficient (Wildman–Crippen LogP) is 5.04. The predicted molar refractivity (Wildman–Crippen MR) is 127 cm³/mol. The number of ether oxygens (including phenoxy) is 1. The third-order valence-electron chi connectivity index (χ3n) is 4.54. The van der Waals surface area contributed by atoms with Crippen LogP contribution in [0.2, 0.25) is 0 Å². The number of carbonyl (C=O) groups is 2. The monoisotopic (exact) mass is 470 g/mol. The number of aryl methyl sites for hydroxylation is 2. The molecule has 33 heavy (non-hydrogen) atoms. The molecule has 1 aromatic carbocycles. The molecule has 0 aliphatic carbocycles. The van der Waals surface area contributed by atoms with E-state index in [1.54, 1.807) is 46.0 Å². The van der Waals surface area contributed by atoms with Gasteiger partial charge < -0.3 is 15.4 Å². The van der Waals surface area contributed by atoms with Crippen molar-refractivity contribution in [2.24, 2.45) is 0 Å². The lowest BCUT2D eigenvalue weighted by Crippen LogP contribution is -2.47. The summed E-state index contributed by atoms with van der Waals surface area (Å²) in [6, 6.07) is 8.63. The van der Waals surface area contributed by atoms with Gasteiger partial charge in [-0.3, -0.25) is 9.78 Å². The van der Waals surface area contributed by atoms with Gasteiger partial charge in [0.25, 0.3) is 0 Å². The van der Waals surface area contributed by atoms with Crippen LogP contribution in [0.25, 0.3) is 10.6 Å². The molecule has 2 N–H and O–H groups in total. The summed E-state index contributed by atoms with van der Waals surface area (Å²) in [4.78, 5) is 34.3. The summed E-state index contributed by atoms with van der Waals surface area (Å²) in [6.07, 6.45) is 1.17. The number of alkyl carbamates (subject to hydrolysis) is 1. The molecular formula is C24H27FN4O3S. The summed E-state index contributed by atoms with van der Waals surface area (Å²) in [5.41, 5.74) is 2.42. The highest BCUT2D eigenvalue weighted by molar-refractivity contribution is 7.19. The second kappa shape index (κ2) is 10.1. The molecular weight excluding hydrogens is 443 g/mol. The van der Waals surface area contributed by atoms with Crippen LogP contribution in [0.3, 0.4) is 0 Å². The normalized spacial score (nSPS) is 12.2. The molecule has 0 aliphatic rings. The summed E-state index contributed by atoms with van der Waals surface area (Å²) in [6.45, 7) is 8.93. The van der Waals surface area contributed by atoms with Gasteiger partial charge in [-0.1, -0.05) is 23.5 Å². The summed E-state index contributed by atoms with van der Waals surface area (Å²) in [5.74, 6) is -0.798. The molecule has 0 bridgehead atoms. The van der Waals surface area contributed by atoms with Crippen LogP contribution in [0, 0.1) is 19.7 Å². The van der Waals surface area contributed by atoms with E-state index < -0.39 is 23.6 Å². The van der Waals surface area contributed by atoms with Crippen LogP contribution in [0.4, 0.5) is 14.2 Å². The number of aromatic nitrogens is 2. The quantitative estimate of drug-likeness (QED) is 0.527. The maximum Gasteiger partial charge on any atom is 0.408 e. The lowest BCUT2D eigenvalue weighted by atomic mass is 10.1. The Kier molecular flexibility index (Phi) is 7.43. The van der Waals surface area contributed by atoms with Gasteiger partial charge in [-0.05, 0) is 64.4 Å². The van der Waals surface area contributed by atoms with Crippen molar-refractivity contribution < 1.29 is 18.7 Å². The first-order chi connectivity index (χ1) is 15.5. The average Bonchev–Trinajstić information content (AvgIpc) is 3.08. The molecule has 2 heterocycles. The van der Waals surface area contributed by atoms with Gasteiger partial charge in [0.05, 0.1) is 5.69 Å². The third kappa shape index (κ3) is 7.08. The zero-order chi connectivity index (χ0) is 24.2. The van der Waals surface area contributed by atoms with Gasteiger partial charge in [0.2, 0.25) is 5.91 Å². The number of nitrogens with zero attached hydrogens (tertiary/aromatic N) is 2. The number of amides is 2. The molecule has 174 valence electrons. The van der Waals surface area contributed by atoms with E-state index in [2.05, 4.69) is 20.6 Å². The molecule has 2 amide bonds. The Labute approximate surface area is 196 Å². The molecule has 0 fully saturated rings. The molecule has 0 saturated heterocycles. The van der Waals surface area contributed by atoms with E-state index in [0.29, 0.717) is 16.3 Å². The average molecular weight is 471 g/mol. The van der Waals surface area contributed by atoms with Gasteiger partial charge >= 0.3 is 6.09 Å². The SMILES string of the molecule is Cc1cc(-c2nc(C)c(NC(=O)C(Cc3ccc(F)cc3)NC(=O)OC(C)(C)C)s2)ccn1. The van der Waals surface area contributed by atoms with Crippen molar-refractivity contribution in [2.45, 2.75) is 52.7 Å². The van der Waals surface area contributed by atoms with E-state index in [-0.39, 0.29) is 12.2 Å². The Morgan fingerprint density at radius 3 is 2.48 bits per heavy atom. The minimum absolute atomic E-state index is 0.166. The summed E-state index contributed by atoms with van der Waals surface area (Å²) < 4.78 is 18.6. The van der Waals surface area contributed by atoms with Crippen LogP contribution in [0.5, 0.6) is 0 Å². The number of rotatable bonds is 6. The zero-order valence-electron chi connectivity index (χ0n) is 19.2. The largest absolute Gasteiger partial charge is 0.444 e. The molecule has 0 spiro atoms. The lowest BCUT2D eigenvalue weighted by molar-refractivity contribution is -0.118. The lowest BCUT2D eigenvalue weighted by Gasteiger charge is -2.23. The first-order valence-corrected chi connectivity index (χ1v) is 11.3. The van der Waals surface area contributed by atoms with Crippen LogP contribution in [-0.2, 0) is 16.0 Å². The van der Waals surface area contributed by atoms with Crippen LogP contribution in [0.1, 0.15) is 37.7 Å². The fraction of sp³-hybridized carbons (Fsp3) is 0.333. The maximum absolute atomic E-state index is 13.3. The topological polar surface area (TPSA) is 93.2 Å². The molecule has 2 aromatic heterocycles. The second-order valence-electron chi connectivity index (χ2n) is 8.64.